The normalized spacial score (nSPS) is 17.8. The molecule has 2 heterocycles. The topological polar surface area (TPSA) is 17.0 Å². The lowest BCUT2D eigenvalue weighted by molar-refractivity contribution is 0.662. The highest BCUT2D eigenvalue weighted by atomic mass is 32.2. The molecule has 200 valence electrons. The Morgan fingerprint density at radius 1 is 0.643 bits per heavy atom. The van der Waals surface area contributed by atoms with Crippen molar-refractivity contribution >= 4 is 60.8 Å². The quantitative estimate of drug-likeness (QED) is 0.218. The number of thioether (sulfide) groups is 1. The zero-order chi connectivity index (χ0) is 27.6. The van der Waals surface area contributed by atoms with Crippen LogP contribution < -0.4 is 5.32 Å². The molecular weight excluding hydrogens is 529 g/mol. The lowest BCUT2D eigenvalue weighted by Crippen LogP contribution is -2.21. The van der Waals surface area contributed by atoms with E-state index in [4.69, 9.17) is 0 Å². The van der Waals surface area contributed by atoms with E-state index in [2.05, 4.69) is 149 Å². The van der Waals surface area contributed by atoms with Gasteiger partial charge in [-0.05, 0) is 76.2 Å². The molecule has 2 aliphatic rings. The average molecular weight is 557 g/mol. The van der Waals surface area contributed by atoms with Crippen molar-refractivity contribution in [1.82, 2.24) is 4.57 Å². The SMILES string of the molecule is C1=CCC(C2Nc3ccc4ccc5cc(-c6ccc7c(c6)c6ccccc6n7-c6ccccc6)ccc5c4c3S2)C=C1. The van der Waals surface area contributed by atoms with Crippen LogP contribution in [0.2, 0.25) is 0 Å². The van der Waals surface area contributed by atoms with E-state index in [0.29, 0.717) is 11.3 Å². The van der Waals surface area contributed by atoms with Crippen LogP contribution in [0.5, 0.6) is 0 Å². The Bertz CT molecular complexity index is 2240. The monoisotopic (exact) mass is 556 g/mol. The maximum absolute atomic E-state index is 3.82. The molecule has 2 nitrogen and oxygen atoms in total. The molecule has 0 spiro atoms. The van der Waals surface area contributed by atoms with E-state index < -0.39 is 0 Å². The first-order valence-corrected chi connectivity index (χ1v) is 15.5. The van der Waals surface area contributed by atoms with Crippen molar-refractivity contribution in [2.24, 2.45) is 5.92 Å². The number of allylic oxidation sites excluding steroid dienone is 3. The van der Waals surface area contributed by atoms with E-state index >= 15 is 0 Å². The van der Waals surface area contributed by atoms with Gasteiger partial charge in [0.2, 0.25) is 0 Å². The first-order valence-electron chi connectivity index (χ1n) is 14.7. The minimum atomic E-state index is 0.367. The molecule has 1 aliphatic carbocycles. The van der Waals surface area contributed by atoms with Gasteiger partial charge >= 0.3 is 0 Å². The smallest absolute Gasteiger partial charge is 0.0836 e. The summed E-state index contributed by atoms with van der Waals surface area (Å²) in [5.74, 6) is 0.506. The molecule has 0 fully saturated rings. The van der Waals surface area contributed by atoms with E-state index in [9.17, 15) is 0 Å². The Morgan fingerprint density at radius 3 is 2.33 bits per heavy atom. The van der Waals surface area contributed by atoms with Gasteiger partial charge in [0.1, 0.15) is 0 Å². The Labute approximate surface area is 249 Å². The predicted octanol–water partition coefficient (Wildman–Crippen LogP) is 10.7. The number of para-hydroxylation sites is 2. The molecule has 7 aromatic rings. The van der Waals surface area contributed by atoms with E-state index in [1.165, 1.54) is 70.7 Å². The molecule has 6 aromatic carbocycles. The van der Waals surface area contributed by atoms with Crippen molar-refractivity contribution in [3.8, 4) is 16.8 Å². The van der Waals surface area contributed by atoms with Gasteiger partial charge in [0, 0.05) is 38.3 Å². The Morgan fingerprint density at radius 2 is 1.43 bits per heavy atom. The maximum atomic E-state index is 3.82. The third-order valence-corrected chi connectivity index (χ3v) is 10.3. The first-order chi connectivity index (χ1) is 20.8. The molecule has 2 unspecified atom stereocenters. The van der Waals surface area contributed by atoms with Gasteiger partial charge in [-0.1, -0.05) is 109 Å². The third kappa shape index (κ3) is 3.67. The van der Waals surface area contributed by atoms with Crippen LogP contribution in [0.15, 0.2) is 144 Å². The fraction of sp³-hybridized carbons (Fsp3) is 0.0769. The molecule has 0 radical (unpaired) electrons. The summed E-state index contributed by atoms with van der Waals surface area (Å²) in [6.45, 7) is 0. The second-order valence-electron chi connectivity index (χ2n) is 11.4. The van der Waals surface area contributed by atoms with Crippen molar-refractivity contribution in [3.05, 3.63) is 140 Å². The highest BCUT2D eigenvalue weighted by Crippen LogP contribution is 2.48. The molecule has 0 saturated heterocycles. The fourth-order valence-corrected chi connectivity index (χ4v) is 8.29. The van der Waals surface area contributed by atoms with Crippen molar-refractivity contribution < 1.29 is 0 Å². The molecule has 2 atom stereocenters. The van der Waals surface area contributed by atoms with Crippen LogP contribution >= 0.6 is 11.8 Å². The summed E-state index contributed by atoms with van der Waals surface area (Å²) >= 11 is 1.99. The molecule has 1 aliphatic heterocycles. The standard InChI is InChI=1S/C39H28N2S/c1-3-9-26(10-4-1)39-40-34-21-18-25-15-16-29-23-27(17-20-31(29)37(25)38(34)42-39)28-19-22-36-33(24-28)32-13-7-8-14-35(32)41(36)30-11-5-2-6-12-30/h1-9,11-24,26,39-40H,10H2. The summed E-state index contributed by atoms with van der Waals surface area (Å²) in [4.78, 5) is 1.38. The van der Waals surface area contributed by atoms with Crippen molar-refractivity contribution in [3.63, 3.8) is 0 Å². The molecule has 1 N–H and O–H groups in total. The van der Waals surface area contributed by atoms with Crippen LogP contribution in [-0.4, -0.2) is 9.94 Å². The minimum Gasteiger partial charge on any atom is -0.371 e. The molecule has 3 heteroatoms. The number of benzene rings is 6. The van der Waals surface area contributed by atoms with Gasteiger partial charge in [-0.25, -0.2) is 0 Å². The lowest BCUT2D eigenvalue weighted by Gasteiger charge is -2.20. The van der Waals surface area contributed by atoms with Crippen LogP contribution in [0.4, 0.5) is 5.69 Å². The first kappa shape index (κ1) is 23.9. The molecule has 0 saturated carbocycles. The van der Waals surface area contributed by atoms with Crippen LogP contribution in [0.1, 0.15) is 6.42 Å². The number of hydrogen-bond acceptors (Lipinski definition) is 2. The highest BCUT2D eigenvalue weighted by molar-refractivity contribution is 8.00. The summed E-state index contributed by atoms with van der Waals surface area (Å²) in [7, 11) is 0. The van der Waals surface area contributed by atoms with Crippen LogP contribution in [0, 0.1) is 5.92 Å². The van der Waals surface area contributed by atoms with Gasteiger partial charge in [0.25, 0.3) is 0 Å². The van der Waals surface area contributed by atoms with Crippen molar-refractivity contribution in [1.29, 1.82) is 0 Å². The van der Waals surface area contributed by atoms with Crippen LogP contribution in [-0.2, 0) is 0 Å². The molecule has 9 rings (SSSR count). The predicted molar refractivity (Wildman–Crippen MR) is 181 cm³/mol. The Hall–Kier alpha value is -4.73. The number of aromatic nitrogens is 1. The summed E-state index contributed by atoms with van der Waals surface area (Å²) < 4.78 is 2.37. The van der Waals surface area contributed by atoms with Gasteiger partial charge in [-0.2, -0.15) is 0 Å². The molecule has 0 bridgehead atoms. The molecule has 0 amide bonds. The van der Waals surface area contributed by atoms with Crippen LogP contribution in [0.3, 0.4) is 0 Å². The zero-order valence-corrected chi connectivity index (χ0v) is 23.8. The van der Waals surface area contributed by atoms with E-state index in [1.54, 1.807) is 0 Å². The summed E-state index contributed by atoms with van der Waals surface area (Å²) in [5.41, 5.74) is 7.40. The van der Waals surface area contributed by atoms with E-state index in [0.717, 1.165) is 6.42 Å². The number of nitrogens with zero attached hydrogens (tertiary/aromatic N) is 1. The lowest BCUT2D eigenvalue weighted by atomic mass is 9.96. The average Bonchev–Trinajstić information content (AvgIpc) is 3.64. The van der Waals surface area contributed by atoms with Gasteiger partial charge in [0.15, 0.2) is 0 Å². The van der Waals surface area contributed by atoms with Crippen LogP contribution in [0.25, 0.3) is 60.2 Å². The van der Waals surface area contributed by atoms with E-state index in [1.807, 2.05) is 11.8 Å². The Balaban J connectivity index is 1.16. The second-order valence-corrected chi connectivity index (χ2v) is 12.5. The number of hydrogen-bond donors (Lipinski definition) is 1. The number of fused-ring (bicyclic) bond motifs is 8. The third-order valence-electron chi connectivity index (χ3n) is 8.92. The maximum Gasteiger partial charge on any atom is 0.0836 e. The zero-order valence-electron chi connectivity index (χ0n) is 23.0. The van der Waals surface area contributed by atoms with Crippen molar-refractivity contribution in [2.75, 3.05) is 5.32 Å². The van der Waals surface area contributed by atoms with Gasteiger partial charge in [0.05, 0.1) is 16.4 Å². The summed E-state index contributed by atoms with van der Waals surface area (Å²) in [6.07, 6.45) is 10.1. The van der Waals surface area contributed by atoms with Gasteiger partial charge in [-0.3, -0.25) is 0 Å². The Kier molecular flexibility index (Phi) is 5.36. The number of anilines is 1. The fourth-order valence-electron chi connectivity index (χ4n) is 6.87. The number of nitrogens with one attached hydrogen (secondary N) is 1. The summed E-state index contributed by atoms with van der Waals surface area (Å²) in [6, 6.07) is 42.4. The van der Waals surface area contributed by atoms with Gasteiger partial charge in [-0.15, -0.1) is 0 Å². The second kappa shape index (κ2) is 9.40. The highest BCUT2D eigenvalue weighted by Gasteiger charge is 2.29. The molecular formula is C39H28N2S. The summed E-state index contributed by atoms with van der Waals surface area (Å²) in [5, 5.41) is 12.0. The van der Waals surface area contributed by atoms with Crippen molar-refractivity contribution in [2.45, 2.75) is 16.7 Å². The van der Waals surface area contributed by atoms with Gasteiger partial charge < -0.3 is 9.88 Å². The molecule has 42 heavy (non-hydrogen) atoms. The largest absolute Gasteiger partial charge is 0.371 e. The molecule has 1 aromatic heterocycles. The van der Waals surface area contributed by atoms with E-state index in [-0.39, 0.29) is 0 Å². The number of rotatable bonds is 3. The minimum absolute atomic E-state index is 0.367.